The van der Waals surface area contributed by atoms with Crippen LogP contribution in [0.3, 0.4) is 0 Å². The number of alkyl carbamates (subject to hydrolysis) is 1. The number of hydrogen-bond donors (Lipinski definition) is 2. The Balaban J connectivity index is 1.70. The summed E-state index contributed by atoms with van der Waals surface area (Å²) in [7, 11) is 0. The van der Waals surface area contributed by atoms with Crippen molar-refractivity contribution in [1.82, 2.24) is 20.4 Å². The van der Waals surface area contributed by atoms with Crippen molar-refractivity contribution in [2.75, 3.05) is 18.1 Å². The van der Waals surface area contributed by atoms with E-state index in [1.54, 1.807) is 83.1 Å². The molecule has 12 nitrogen and oxygen atoms in total. The number of halogens is 1. The number of para-hydroxylation sites is 1. The van der Waals surface area contributed by atoms with Crippen LogP contribution in [-0.2, 0) is 49.9 Å². The van der Waals surface area contributed by atoms with Crippen molar-refractivity contribution in [1.29, 1.82) is 0 Å². The van der Waals surface area contributed by atoms with Crippen LogP contribution in [-0.4, -0.2) is 52.4 Å². The first kappa shape index (κ1) is 35.8. The van der Waals surface area contributed by atoms with E-state index in [2.05, 4.69) is 15.7 Å². The SMILES string of the molecule is CCOC(=O)CCN(C(=O)Cn1ncc(C)c(CC(=O)NCc2cc(Cl)ccc2CNC(=O)OC(C)(C)C)c1=O)c1ccccc1. The quantitative estimate of drug-likeness (QED) is 0.262. The summed E-state index contributed by atoms with van der Waals surface area (Å²) in [5, 5.41) is 10.1. The lowest BCUT2D eigenvalue weighted by molar-refractivity contribution is -0.142. The predicted molar refractivity (Wildman–Crippen MR) is 173 cm³/mol. The number of esters is 1. The molecule has 0 atom stereocenters. The Morgan fingerprint density at radius 1 is 1.00 bits per heavy atom. The molecule has 0 unspecified atom stereocenters. The summed E-state index contributed by atoms with van der Waals surface area (Å²) in [5.74, 6) is -1.34. The van der Waals surface area contributed by atoms with Crippen molar-refractivity contribution in [3.63, 3.8) is 0 Å². The Kier molecular flexibility index (Phi) is 12.9. The van der Waals surface area contributed by atoms with Gasteiger partial charge in [0.2, 0.25) is 11.8 Å². The lowest BCUT2D eigenvalue weighted by Gasteiger charge is -2.23. The molecule has 0 saturated heterocycles. The normalized spacial score (nSPS) is 11.0. The summed E-state index contributed by atoms with van der Waals surface area (Å²) in [6, 6.07) is 13.9. The van der Waals surface area contributed by atoms with E-state index in [1.165, 1.54) is 11.1 Å². The molecule has 3 rings (SSSR count). The smallest absolute Gasteiger partial charge is 0.407 e. The van der Waals surface area contributed by atoms with Gasteiger partial charge in [0.15, 0.2) is 0 Å². The third-order valence-corrected chi connectivity index (χ3v) is 6.90. The van der Waals surface area contributed by atoms with E-state index in [1.807, 2.05) is 0 Å². The van der Waals surface area contributed by atoms with Crippen LogP contribution in [0.5, 0.6) is 0 Å². The molecule has 0 aliphatic carbocycles. The van der Waals surface area contributed by atoms with Crippen molar-refractivity contribution in [3.8, 4) is 0 Å². The van der Waals surface area contributed by atoms with Crippen LogP contribution in [0.25, 0.3) is 0 Å². The van der Waals surface area contributed by atoms with Crippen LogP contribution >= 0.6 is 11.6 Å². The largest absolute Gasteiger partial charge is 0.466 e. The average Bonchev–Trinajstić information content (AvgIpc) is 2.99. The van der Waals surface area contributed by atoms with Crippen molar-refractivity contribution in [3.05, 3.63) is 92.4 Å². The standard InChI is InChI=1S/C33H40ClN5O7/c1-6-45-30(42)14-15-38(26-10-8-7-9-11-26)29(41)21-39-31(43)27(22(2)18-37-39)17-28(40)35-20-24-16-25(34)13-12-23(24)19-36-32(44)46-33(3,4)5/h7-13,16,18H,6,14-15,17,19-21H2,1-5H3,(H,35,40)(H,36,44). The lowest BCUT2D eigenvalue weighted by atomic mass is 10.1. The van der Waals surface area contributed by atoms with Gasteiger partial charge in [-0.1, -0.05) is 35.9 Å². The van der Waals surface area contributed by atoms with Gasteiger partial charge in [0.1, 0.15) is 12.1 Å². The fraction of sp³-hybridized carbons (Fsp3) is 0.394. The van der Waals surface area contributed by atoms with E-state index in [-0.39, 0.29) is 44.6 Å². The molecule has 46 heavy (non-hydrogen) atoms. The molecule has 3 aromatic rings. The first-order chi connectivity index (χ1) is 21.8. The molecule has 0 fully saturated rings. The van der Waals surface area contributed by atoms with Gasteiger partial charge in [-0.3, -0.25) is 19.2 Å². The van der Waals surface area contributed by atoms with E-state index < -0.39 is 41.6 Å². The second kappa shape index (κ2) is 16.6. The fourth-order valence-electron chi connectivity index (χ4n) is 4.42. The molecule has 2 aromatic carbocycles. The summed E-state index contributed by atoms with van der Waals surface area (Å²) in [4.78, 5) is 65.3. The number of nitrogens with one attached hydrogen (secondary N) is 2. The summed E-state index contributed by atoms with van der Waals surface area (Å²) >= 11 is 6.19. The molecule has 0 bridgehead atoms. The van der Waals surface area contributed by atoms with Gasteiger partial charge in [0.25, 0.3) is 5.56 Å². The number of ether oxygens (including phenoxy) is 2. The van der Waals surface area contributed by atoms with Gasteiger partial charge in [-0.15, -0.1) is 0 Å². The number of carbonyl (C=O) groups is 4. The number of benzene rings is 2. The number of aromatic nitrogens is 2. The minimum Gasteiger partial charge on any atom is -0.466 e. The van der Waals surface area contributed by atoms with Crippen LogP contribution < -0.4 is 21.1 Å². The molecule has 0 radical (unpaired) electrons. The minimum atomic E-state index is -0.650. The predicted octanol–water partition coefficient (Wildman–Crippen LogP) is 4.08. The zero-order chi connectivity index (χ0) is 33.9. The second-order valence-corrected chi connectivity index (χ2v) is 11.9. The number of nitrogens with zero attached hydrogens (tertiary/aromatic N) is 3. The molecular weight excluding hydrogens is 614 g/mol. The van der Waals surface area contributed by atoms with Crippen molar-refractivity contribution >= 4 is 41.2 Å². The highest BCUT2D eigenvalue weighted by molar-refractivity contribution is 6.30. The molecule has 246 valence electrons. The number of hydrogen-bond acceptors (Lipinski definition) is 8. The van der Waals surface area contributed by atoms with E-state index >= 15 is 0 Å². The zero-order valence-corrected chi connectivity index (χ0v) is 27.5. The second-order valence-electron chi connectivity index (χ2n) is 11.4. The molecular formula is C33H40ClN5O7. The Morgan fingerprint density at radius 3 is 2.37 bits per heavy atom. The van der Waals surface area contributed by atoms with Crippen LogP contribution in [0.1, 0.15) is 56.4 Å². The van der Waals surface area contributed by atoms with Crippen LogP contribution in [0.4, 0.5) is 10.5 Å². The Bertz CT molecular complexity index is 1600. The van der Waals surface area contributed by atoms with Crippen LogP contribution in [0.2, 0.25) is 5.02 Å². The molecule has 1 aromatic heterocycles. The molecule has 13 heteroatoms. The maximum Gasteiger partial charge on any atom is 0.407 e. The molecule has 1 heterocycles. The molecule has 0 saturated carbocycles. The zero-order valence-electron chi connectivity index (χ0n) is 26.7. The van der Waals surface area contributed by atoms with Gasteiger partial charge in [-0.25, -0.2) is 9.48 Å². The molecule has 0 aliphatic heterocycles. The number of rotatable bonds is 13. The van der Waals surface area contributed by atoms with E-state index in [4.69, 9.17) is 21.1 Å². The van der Waals surface area contributed by atoms with Crippen molar-refractivity contribution in [2.45, 2.75) is 72.7 Å². The first-order valence-electron chi connectivity index (χ1n) is 14.8. The third kappa shape index (κ3) is 11.0. The van der Waals surface area contributed by atoms with Crippen molar-refractivity contribution in [2.24, 2.45) is 0 Å². The van der Waals surface area contributed by atoms with Gasteiger partial charge in [-0.05, 0) is 75.6 Å². The summed E-state index contributed by atoms with van der Waals surface area (Å²) < 4.78 is 11.3. The van der Waals surface area contributed by atoms with Gasteiger partial charge >= 0.3 is 12.1 Å². The summed E-state index contributed by atoms with van der Waals surface area (Å²) in [6.45, 7) is 8.78. The number of carbonyl (C=O) groups excluding carboxylic acids is 4. The minimum absolute atomic E-state index is 0.0263. The van der Waals surface area contributed by atoms with Crippen LogP contribution in [0.15, 0.2) is 59.5 Å². The van der Waals surface area contributed by atoms with Gasteiger partial charge in [-0.2, -0.15) is 5.10 Å². The van der Waals surface area contributed by atoms with Gasteiger partial charge in [0, 0.05) is 35.9 Å². The molecule has 3 amide bonds. The topological polar surface area (TPSA) is 149 Å². The highest BCUT2D eigenvalue weighted by atomic mass is 35.5. The average molecular weight is 654 g/mol. The third-order valence-electron chi connectivity index (χ3n) is 6.66. The van der Waals surface area contributed by atoms with E-state index in [9.17, 15) is 24.0 Å². The van der Waals surface area contributed by atoms with Gasteiger partial charge < -0.3 is 25.0 Å². The fourth-order valence-corrected chi connectivity index (χ4v) is 4.62. The lowest BCUT2D eigenvalue weighted by Crippen LogP contribution is -2.40. The highest BCUT2D eigenvalue weighted by Gasteiger charge is 2.21. The number of anilines is 1. The molecule has 2 N–H and O–H groups in total. The number of aryl methyl sites for hydroxylation is 1. The molecule has 0 spiro atoms. The maximum absolute atomic E-state index is 13.4. The summed E-state index contributed by atoms with van der Waals surface area (Å²) in [5.41, 5.74) is 1.42. The van der Waals surface area contributed by atoms with Crippen molar-refractivity contribution < 1.29 is 28.7 Å². The molecule has 0 aliphatic rings. The highest BCUT2D eigenvalue weighted by Crippen LogP contribution is 2.18. The Hall–Kier alpha value is -4.71. The summed E-state index contributed by atoms with van der Waals surface area (Å²) in [6.07, 6.45) is 0.576. The monoisotopic (exact) mass is 653 g/mol. The van der Waals surface area contributed by atoms with Crippen LogP contribution in [0, 0.1) is 6.92 Å². The Morgan fingerprint density at radius 2 is 1.70 bits per heavy atom. The van der Waals surface area contributed by atoms with Gasteiger partial charge in [0.05, 0.1) is 25.6 Å². The van der Waals surface area contributed by atoms with E-state index in [0.29, 0.717) is 21.8 Å². The first-order valence-corrected chi connectivity index (χ1v) is 15.2. The number of amides is 3. The van der Waals surface area contributed by atoms with E-state index in [0.717, 1.165) is 10.2 Å². The maximum atomic E-state index is 13.4. The Labute approximate surface area is 273 Å².